The van der Waals surface area contributed by atoms with Crippen molar-refractivity contribution >= 4 is 54.0 Å². The maximum atomic E-state index is 12.2. The molecule has 0 aliphatic carbocycles. The van der Waals surface area contributed by atoms with E-state index in [1.54, 1.807) is 25.2 Å². The van der Waals surface area contributed by atoms with Crippen molar-refractivity contribution in [2.24, 2.45) is 0 Å². The van der Waals surface area contributed by atoms with E-state index >= 15 is 0 Å². The Morgan fingerprint density at radius 2 is 1.78 bits per heavy atom. The average Bonchev–Trinajstić information content (AvgIpc) is 2.48. The van der Waals surface area contributed by atoms with Gasteiger partial charge in [0.2, 0.25) is 5.91 Å². The molecule has 2 amide bonds. The summed E-state index contributed by atoms with van der Waals surface area (Å²) >= 11 is 9.24. The molecule has 0 saturated carbocycles. The van der Waals surface area contributed by atoms with Crippen LogP contribution in [0.3, 0.4) is 0 Å². The number of hydrogen-bond donors (Lipinski definition) is 0. The van der Waals surface area contributed by atoms with E-state index in [-0.39, 0.29) is 12.5 Å². The van der Waals surface area contributed by atoms with Gasteiger partial charge in [-0.05, 0) is 45.0 Å². The van der Waals surface area contributed by atoms with Crippen LogP contribution in [0.4, 0.5) is 10.5 Å². The topological polar surface area (TPSA) is 49.9 Å². The van der Waals surface area contributed by atoms with Gasteiger partial charge in [-0.2, -0.15) is 0 Å². The Labute approximate surface area is 164 Å². The van der Waals surface area contributed by atoms with Gasteiger partial charge in [-0.25, -0.2) is 4.79 Å². The van der Waals surface area contributed by atoms with Crippen LogP contribution in [0.25, 0.3) is 0 Å². The fourth-order valence-corrected chi connectivity index (χ4v) is 2.31. The molecule has 0 radical (unpaired) electrons. The van der Waals surface area contributed by atoms with Crippen LogP contribution in [-0.2, 0) is 22.3 Å². The zero-order chi connectivity index (χ0) is 17.6. The minimum absolute atomic E-state index is 0.0466. The van der Waals surface area contributed by atoms with E-state index in [1.807, 2.05) is 45.0 Å². The van der Waals surface area contributed by atoms with Gasteiger partial charge in [0.25, 0.3) is 0 Å². The number of rotatable bonds is 1. The molecule has 132 valence electrons. The molecule has 0 aromatic heterocycles. The molecule has 5 nitrogen and oxygen atoms in total. The molecule has 23 heavy (non-hydrogen) atoms. The van der Waals surface area contributed by atoms with Crippen LogP contribution in [-0.4, -0.2) is 42.1 Å². The monoisotopic (exact) mass is 544 g/mol. The van der Waals surface area contributed by atoms with Crippen LogP contribution in [0.15, 0.2) is 28.7 Å². The van der Waals surface area contributed by atoms with E-state index < -0.39 is 11.7 Å². The molecule has 1 fully saturated rings. The first-order valence-electron chi connectivity index (χ1n) is 6.91. The van der Waals surface area contributed by atoms with Crippen molar-refractivity contribution in [3.8, 4) is 0 Å². The molecule has 2 rings (SSSR count). The maximum absolute atomic E-state index is 12.2. The molecule has 0 atom stereocenters. The molecule has 0 unspecified atom stereocenters. The van der Waals surface area contributed by atoms with Crippen LogP contribution >= 0.6 is 36.3 Å². The number of halogens is 2. The van der Waals surface area contributed by atoms with Crippen molar-refractivity contribution in [3.05, 3.63) is 28.7 Å². The molecule has 0 spiro atoms. The van der Waals surface area contributed by atoms with Crippen LogP contribution in [0, 0.1) is 0 Å². The third-order valence-electron chi connectivity index (χ3n) is 3.01. The number of piperazine rings is 1. The molecular weight excluding hydrogens is 527 g/mol. The Morgan fingerprint density at radius 1 is 1.22 bits per heavy atom. The Balaban J connectivity index is 0.00000127. The van der Waals surface area contributed by atoms with E-state index in [4.69, 9.17) is 4.74 Å². The normalized spacial score (nSPS) is 15.0. The summed E-state index contributed by atoms with van der Waals surface area (Å²) in [5, 5.41) is 0. The van der Waals surface area contributed by atoms with Crippen molar-refractivity contribution in [2.75, 3.05) is 24.5 Å². The SMILES string of the molecule is CC(C)(C)OC(=O)N1CCN(c2ccc(Br)cc2)C(=O)C1.[Cu][I]. The fraction of sp³-hybridized carbons (Fsp3) is 0.467. The quantitative estimate of drug-likeness (QED) is 0.397. The van der Waals surface area contributed by atoms with Gasteiger partial charge in [-0.1, -0.05) is 15.9 Å². The first-order chi connectivity index (χ1) is 10.8. The molecule has 1 aliphatic heterocycles. The molecule has 1 aliphatic rings. The van der Waals surface area contributed by atoms with Gasteiger partial charge in [0.1, 0.15) is 12.1 Å². The minimum atomic E-state index is -0.553. The van der Waals surface area contributed by atoms with Crippen molar-refractivity contribution in [1.82, 2.24) is 4.90 Å². The van der Waals surface area contributed by atoms with Gasteiger partial charge in [0, 0.05) is 23.2 Å². The summed E-state index contributed by atoms with van der Waals surface area (Å²) in [4.78, 5) is 27.3. The van der Waals surface area contributed by atoms with Crippen molar-refractivity contribution < 1.29 is 27.1 Å². The zero-order valence-corrected chi connectivity index (χ0v) is 17.8. The van der Waals surface area contributed by atoms with Crippen molar-refractivity contribution in [3.63, 3.8) is 0 Å². The Hall–Kier alpha value is -0.311. The van der Waals surface area contributed by atoms with Gasteiger partial charge in [0.05, 0.1) is 0 Å². The van der Waals surface area contributed by atoms with Crippen molar-refractivity contribution in [2.45, 2.75) is 26.4 Å². The van der Waals surface area contributed by atoms with Crippen molar-refractivity contribution in [1.29, 1.82) is 0 Å². The van der Waals surface area contributed by atoms with E-state index in [0.717, 1.165) is 10.2 Å². The van der Waals surface area contributed by atoms with Crippen LogP contribution in [0.1, 0.15) is 20.8 Å². The Morgan fingerprint density at radius 3 is 2.26 bits per heavy atom. The first-order valence-corrected chi connectivity index (χ1v) is 10.7. The standard InChI is InChI=1S/C15H19BrN2O3.Cu.HI/c1-15(2,3)21-14(20)17-8-9-18(13(19)10-17)12-6-4-11(16)5-7-12;;/h4-7H,8-10H2,1-3H3;;1H/q;+1;/p-1. The predicted molar refractivity (Wildman–Crippen MR) is 98.3 cm³/mol. The number of nitrogens with zero attached hydrogens (tertiary/aromatic N) is 2. The number of amides is 2. The van der Waals surface area contributed by atoms with E-state index in [0.29, 0.717) is 13.1 Å². The summed E-state index contributed by atoms with van der Waals surface area (Å²) < 4.78 is 6.26. The third-order valence-corrected chi connectivity index (χ3v) is 3.54. The molecule has 1 aromatic carbocycles. The van der Waals surface area contributed by atoms with Crippen LogP contribution < -0.4 is 4.90 Å². The zero-order valence-electron chi connectivity index (χ0n) is 13.1. The molecule has 8 heteroatoms. The predicted octanol–water partition coefficient (Wildman–Crippen LogP) is 3.92. The third kappa shape index (κ3) is 6.60. The number of benzene rings is 1. The van der Waals surface area contributed by atoms with Gasteiger partial charge in [-0.15, -0.1) is 0 Å². The molecule has 0 bridgehead atoms. The number of hydrogen-bond acceptors (Lipinski definition) is 3. The van der Waals surface area contributed by atoms with E-state index in [1.165, 1.54) is 4.90 Å². The molecule has 0 N–H and O–H groups in total. The second-order valence-corrected chi connectivity index (χ2v) is 6.84. The van der Waals surface area contributed by atoms with E-state index in [2.05, 4.69) is 28.7 Å². The Bertz CT molecular complexity index is 549. The number of ether oxygens (including phenoxy) is 1. The van der Waals surface area contributed by atoms with Crippen LogP contribution in [0.2, 0.25) is 0 Å². The van der Waals surface area contributed by atoms with Gasteiger partial charge in [-0.3, -0.25) is 9.69 Å². The second-order valence-electron chi connectivity index (χ2n) is 5.92. The number of carbonyl (C=O) groups excluding carboxylic acids is 2. The average molecular weight is 546 g/mol. The van der Waals surface area contributed by atoms with Gasteiger partial charge in [0.15, 0.2) is 0 Å². The summed E-state index contributed by atoms with van der Waals surface area (Å²) in [5.41, 5.74) is 0.287. The van der Waals surface area contributed by atoms with E-state index in [9.17, 15) is 9.59 Å². The summed E-state index contributed by atoms with van der Waals surface area (Å²) in [6.07, 6.45) is -0.439. The summed E-state index contributed by atoms with van der Waals surface area (Å²) in [6.45, 7) is 6.42. The fourth-order valence-electron chi connectivity index (χ4n) is 2.05. The summed E-state index contributed by atoms with van der Waals surface area (Å²) in [6, 6.07) is 7.54. The molecule has 1 saturated heterocycles. The Kier molecular flexibility index (Phi) is 8.33. The molecule has 1 heterocycles. The number of anilines is 1. The summed E-state index contributed by atoms with van der Waals surface area (Å²) in [7, 11) is 0. The first kappa shape index (κ1) is 20.7. The van der Waals surface area contributed by atoms with Gasteiger partial charge >= 0.3 is 39.2 Å². The summed E-state index contributed by atoms with van der Waals surface area (Å²) in [5.74, 6) is -0.102. The van der Waals surface area contributed by atoms with Crippen LogP contribution in [0.5, 0.6) is 0 Å². The van der Waals surface area contributed by atoms with Gasteiger partial charge < -0.3 is 9.64 Å². The molecular formula is C15H19BrCuIN2O3. The molecule has 1 aromatic rings. The second kappa shape index (κ2) is 9.25. The number of carbonyl (C=O) groups is 2.